The summed E-state index contributed by atoms with van der Waals surface area (Å²) >= 11 is 0. The zero-order valence-corrected chi connectivity index (χ0v) is 13.4. The molecule has 5 heteroatoms. The number of piperidine rings is 1. The quantitative estimate of drug-likeness (QED) is 0.870. The van der Waals surface area contributed by atoms with Gasteiger partial charge in [-0.2, -0.15) is 5.10 Å². The van der Waals surface area contributed by atoms with Gasteiger partial charge in [0.2, 0.25) is 0 Å². The Morgan fingerprint density at radius 3 is 2.78 bits per heavy atom. The van der Waals surface area contributed by atoms with Crippen LogP contribution in [0.1, 0.15) is 35.3 Å². The van der Waals surface area contributed by atoms with Crippen LogP contribution in [0.15, 0.2) is 36.5 Å². The molecule has 0 spiro atoms. The lowest BCUT2D eigenvalue weighted by Crippen LogP contribution is -2.40. The van der Waals surface area contributed by atoms with Crippen molar-refractivity contribution in [1.82, 2.24) is 14.7 Å². The van der Waals surface area contributed by atoms with E-state index in [0.29, 0.717) is 11.6 Å². The van der Waals surface area contributed by atoms with Crippen molar-refractivity contribution < 1.29 is 9.18 Å². The monoisotopic (exact) mass is 315 g/mol. The van der Waals surface area contributed by atoms with E-state index in [1.807, 2.05) is 17.0 Å². The number of halogens is 1. The van der Waals surface area contributed by atoms with Crippen molar-refractivity contribution in [3.63, 3.8) is 0 Å². The molecule has 4 nitrogen and oxygen atoms in total. The minimum Gasteiger partial charge on any atom is -0.337 e. The molecule has 1 aliphatic rings. The number of aromatic nitrogens is 2. The summed E-state index contributed by atoms with van der Waals surface area (Å²) < 4.78 is 14.6. The number of carbonyl (C=O) groups excluding carboxylic acids is 1. The molecule has 3 rings (SSSR count). The van der Waals surface area contributed by atoms with Gasteiger partial charge in [0, 0.05) is 26.3 Å². The molecule has 1 atom stereocenters. The molecular weight excluding hydrogens is 293 g/mol. The second-order valence-electron chi connectivity index (χ2n) is 6.26. The van der Waals surface area contributed by atoms with E-state index in [9.17, 15) is 9.18 Å². The number of hydrogen-bond acceptors (Lipinski definition) is 2. The first kappa shape index (κ1) is 15.7. The Labute approximate surface area is 135 Å². The van der Waals surface area contributed by atoms with Crippen molar-refractivity contribution in [2.75, 3.05) is 13.1 Å². The van der Waals surface area contributed by atoms with E-state index >= 15 is 0 Å². The fourth-order valence-corrected chi connectivity index (χ4v) is 3.25. The normalized spacial score (nSPS) is 18.2. The zero-order valence-electron chi connectivity index (χ0n) is 13.4. The fourth-order valence-electron chi connectivity index (χ4n) is 3.25. The van der Waals surface area contributed by atoms with Crippen LogP contribution in [0.3, 0.4) is 0 Å². The van der Waals surface area contributed by atoms with E-state index in [2.05, 4.69) is 5.10 Å². The number of hydrogen-bond donors (Lipinski definition) is 0. The van der Waals surface area contributed by atoms with Gasteiger partial charge in [0.1, 0.15) is 11.5 Å². The molecule has 23 heavy (non-hydrogen) atoms. The van der Waals surface area contributed by atoms with Crippen molar-refractivity contribution in [2.24, 2.45) is 13.0 Å². The summed E-state index contributed by atoms with van der Waals surface area (Å²) in [5.74, 6) is 0.377. The SMILES string of the molecule is Cn1nccc1C(=O)N1CCCC(CCc2ccc(F)cc2)C1. The largest absolute Gasteiger partial charge is 0.337 e. The lowest BCUT2D eigenvalue weighted by molar-refractivity contribution is 0.0657. The molecule has 0 N–H and O–H groups in total. The van der Waals surface area contributed by atoms with Gasteiger partial charge in [-0.15, -0.1) is 0 Å². The summed E-state index contributed by atoms with van der Waals surface area (Å²) in [4.78, 5) is 14.5. The van der Waals surface area contributed by atoms with Gasteiger partial charge in [-0.1, -0.05) is 12.1 Å². The first-order valence-corrected chi connectivity index (χ1v) is 8.15. The molecule has 1 unspecified atom stereocenters. The highest BCUT2D eigenvalue weighted by atomic mass is 19.1. The standard InChI is InChI=1S/C18H22FN3O/c1-21-17(10-11-20-21)18(23)22-12-2-3-15(13-22)5-4-14-6-8-16(19)9-7-14/h6-11,15H,2-5,12-13H2,1H3. The minimum atomic E-state index is -0.195. The van der Waals surface area contributed by atoms with Crippen molar-refractivity contribution in [3.8, 4) is 0 Å². The predicted molar refractivity (Wildman–Crippen MR) is 86.6 cm³/mol. The number of rotatable bonds is 4. The van der Waals surface area contributed by atoms with Crippen LogP contribution in [-0.4, -0.2) is 33.7 Å². The average Bonchev–Trinajstić information content (AvgIpc) is 3.00. The molecule has 1 aliphatic heterocycles. The second-order valence-corrected chi connectivity index (χ2v) is 6.26. The number of likely N-dealkylation sites (tertiary alicyclic amines) is 1. The maximum atomic E-state index is 12.9. The highest BCUT2D eigenvalue weighted by Gasteiger charge is 2.25. The Kier molecular flexibility index (Phi) is 4.74. The maximum Gasteiger partial charge on any atom is 0.272 e. The zero-order chi connectivity index (χ0) is 16.2. The van der Waals surface area contributed by atoms with Crippen molar-refractivity contribution in [1.29, 1.82) is 0 Å². The lowest BCUT2D eigenvalue weighted by atomic mass is 9.91. The Morgan fingerprint density at radius 1 is 1.30 bits per heavy atom. The van der Waals surface area contributed by atoms with E-state index in [-0.39, 0.29) is 11.7 Å². The molecule has 0 saturated carbocycles. The van der Waals surface area contributed by atoms with Crippen LogP contribution >= 0.6 is 0 Å². The third-order valence-corrected chi connectivity index (χ3v) is 4.60. The molecule has 2 aromatic rings. The molecule has 1 aromatic carbocycles. The minimum absolute atomic E-state index is 0.0662. The lowest BCUT2D eigenvalue weighted by Gasteiger charge is -2.32. The number of benzene rings is 1. The smallest absolute Gasteiger partial charge is 0.272 e. The van der Waals surface area contributed by atoms with E-state index in [0.717, 1.165) is 44.3 Å². The summed E-state index contributed by atoms with van der Waals surface area (Å²) in [5.41, 5.74) is 1.80. The van der Waals surface area contributed by atoms with Crippen LogP contribution in [0.2, 0.25) is 0 Å². The molecular formula is C18H22FN3O. The number of aryl methyl sites for hydroxylation is 2. The van der Waals surface area contributed by atoms with Crippen molar-refractivity contribution in [3.05, 3.63) is 53.6 Å². The van der Waals surface area contributed by atoms with E-state index in [1.165, 1.54) is 12.1 Å². The van der Waals surface area contributed by atoms with Gasteiger partial charge in [-0.25, -0.2) is 4.39 Å². The van der Waals surface area contributed by atoms with E-state index < -0.39 is 0 Å². The molecule has 1 fully saturated rings. The van der Waals surface area contributed by atoms with Gasteiger partial charge in [-0.3, -0.25) is 9.48 Å². The predicted octanol–water partition coefficient (Wildman–Crippen LogP) is 3.04. The van der Waals surface area contributed by atoms with Crippen LogP contribution < -0.4 is 0 Å². The van der Waals surface area contributed by atoms with Crippen molar-refractivity contribution in [2.45, 2.75) is 25.7 Å². The molecule has 0 radical (unpaired) electrons. The second kappa shape index (κ2) is 6.94. The molecule has 2 heterocycles. The van der Waals surface area contributed by atoms with Gasteiger partial charge in [0.25, 0.3) is 5.91 Å². The topological polar surface area (TPSA) is 38.1 Å². The van der Waals surface area contributed by atoms with Crippen LogP contribution in [-0.2, 0) is 13.5 Å². The average molecular weight is 315 g/mol. The summed E-state index contributed by atoms with van der Waals surface area (Å²) in [6, 6.07) is 8.47. The van der Waals surface area contributed by atoms with Crippen LogP contribution in [0.25, 0.3) is 0 Å². The first-order valence-electron chi connectivity index (χ1n) is 8.15. The van der Waals surface area contributed by atoms with Crippen LogP contribution in [0.4, 0.5) is 4.39 Å². The van der Waals surface area contributed by atoms with Gasteiger partial charge in [-0.05, 0) is 55.4 Å². The molecule has 1 aromatic heterocycles. The van der Waals surface area contributed by atoms with Gasteiger partial charge < -0.3 is 4.90 Å². The van der Waals surface area contributed by atoms with Gasteiger partial charge in [0.15, 0.2) is 0 Å². The Balaban J connectivity index is 1.57. The van der Waals surface area contributed by atoms with Crippen LogP contribution in [0.5, 0.6) is 0 Å². The summed E-state index contributed by atoms with van der Waals surface area (Å²) in [5, 5.41) is 4.07. The third-order valence-electron chi connectivity index (χ3n) is 4.60. The number of carbonyl (C=O) groups is 1. The molecule has 1 amide bonds. The van der Waals surface area contributed by atoms with Gasteiger partial charge in [0.05, 0.1) is 0 Å². The fraction of sp³-hybridized carbons (Fsp3) is 0.444. The molecule has 0 bridgehead atoms. The van der Waals surface area contributed by atoms with Crippen LogP contribution in [0, 0.1) is 11.7 Å². The Bertz CT molecular complexity index is 665. The van der Waals surface area contributed by atoms with E-state index in [1.54, 1.807) is 24.0 Å². The first-order chi connectivity index (χ1) is 11.1. The number of amides is 1. The van der Waals surface area contributed by atoms with Crippen molar-refractivity contribution >= 4 is 5.91 Å². The Hall–Kier alpha value is -2.17. The maximum absolute atomic E-state index is 12.9. The number of nitrogens with zero attached hydrogens (tertiary/aromatic N) is 3. The third kappa shape index (κ3) is 3.78. The summed E-state index contributed by atoms with van der Waals surface area (Å²) in [7, 11) is 1.79. The molecule has 0 aliphatic carbocycles. The molecule has 1 saturated heterocycles. The highest BCUT2D eigenvalue weighted by molar-refractivity contribution is 5.92. The molecule has 122 valence electrons. The van der Waals surface area contributed by atoms with E-state index in [4.69, 9.17) is 0 Å². The highest BCUT2D eigenvalue weighted by Crippen LogP contribution is 2.23. The summed E-state index contributed by atoms with van der Waals surface area (Å²) in [6.07, 6.45) is 5.80. The summed E-state index contributed by atoms with van der Waals surface area (Å²) in [6.45, 7) is 1.61. The van der Waals surface area contributed by atoms with Gasteiger partial charge >= 0.3 is 0 Å². The Morgan fingerprint density at radius 2 is 2.09 bits per heavy atom.